The molecule has 1 atom stereocenters. The number of rotatable bonds is 5. The largest absolute Gasteiger partial charge is 0.369 e. The van der Waals surface area contributed by atoms with E-state index in [9.17, 15) is 9.59 Å². The third-order valence-electron chi connectivity index (χ3n) is 4.06. The molecule has 0 saturated carbocycles. The van der Waals surface area contributed by atoms with E-state index in [-0.39, 0.29) is 17.7 Å². The number of carbonyl (C=O) groups is 2. The lowest BCUT2D eigenvalue weighted by atomic mass is 10.1. The monoisotopic (exact) mass is 319 g/mol. The van der Waals surface area contributed by atoms with Crippen LogP contribution in [0, 0.1) is 5.92 Å². The normalized spacial score (nSPS) is 19.6. The summed E-state index contributed by atoms with van der Waals surface area (Å²) < 4.78 is 0. The Balaban J connectivity index is 1.92. The van der Waals surface area contributed by atoms with Crippen molar-refractivity contribution in [3.63, 3.8) is 0 Å². The first kappa shape index (κ1) is 17.4. The van der Waals surface area contributed by atoms with Crippen LogP contribution in [0.3, 0.4) is 0 Å². The third kappa shape index (κ3) is 5.30. The van der Waals surface area contributed by atoms with Crippen molar-refractivity contribution in [2.45, 2.75) is 6.54 Å². The lowest BCUT2D eigenvalue weighted by Crippen LogP contribution is -2.44. The maximum Gasteiger partial charge on any atom is 0.236 e. The molecule has 0 bridgehead atoms. The number of primary amides is 1. The Kier molecular flexibility index (Phi) is 6.06. The highest BCUT2D eigenvalue weighted by molar-refractivity contribution is 5.81. The van der Waals surface area contributed by atoms with Crippen molar-refractivity contribution in [2.75, 3.05) is 46.8 Å². The number of carbonyl (C=O) groups excluding carboxylic acids is 2. The molecule has 1 fully saturated rings. The van der Waals surface area contributed by atoms with E-state index in [1.165, 1.54) is 0 Å². The van der Waals surface area contributed by atoms with Gasteiger partial charge in [-0.05, 0) is 25.7 Å². The fourth-order valence-electron chi connectivity index (χ4n) is 2.77. The van der Waals surface area contributed by atoms with Gasteiger partial charge in [0.25, 0.3) is 0 Å². The molecule has 2 N–H and O–H groups in total. The van der Waals surface area contributed by atoms with Crippen molar-refractivity contribution >= 4 is 11.8 Å². The van der Waals surface area contributed by atoms with Gasteiger partial charge in [-0.3, -0.25) is 19.5 Å². The van der Waals surface area contributed by atoms with E-state index in [2.05, 4.69) is 4.98 Å². The summed E-state index contributed by atoms with van der Waals surface area (Å²) in [6, 6.07) is 3.87. The van der Waals surface area contributed by atoms with Gasteiger partial charge < -0.3 is 15.5 Å². The number of hydrogen-bond donors (Lipinski definition) is 1. The number of aromatic nitrogens is 1. The highest BCUT2D eigenvalue weighted by atomic mass is 16.2. The van der Waals surface area contributed by atoms with Crippen molar-refractivity contribution in [1.82, 2.24) is 19.7 Å². The minimum absolute atomic E-state index is 0.0259. The number of hydrogen-bond acceptors (Lipinski definition) is 5. The van der Waals surface area contributed by atoms with Crippen LogP contribution in [0.5, 0.6) is 0 Å². The first-order chi connectivity index (χ1) is 11.0. The Morgan fingerprint density at radius 1 is 1.39 bits per heavy atom. The van der Waals surface area contributed by atoms with Gasteiger partial charge in [0.2, 0.25) is 11.8 Å². The van der Waals surface area contributed by atoms with Crippen LogP contribution in [-0.2, 0) is 16.1 Å². The Labute approximate surface area is 137 Å². The molecule has 0 aromatic carbocycles. The fourth-order valence-corrected chi connectivity index (χ4v) is 2.77. The van der Waals surface area contributed by atoms with Crippen LogP contribution < -0.4 is 5.73 Å². The predicted molar refractivity (Wildman–Crippen MR) is 87.3 cm³/mol. The Hall–Kier alpha value is -1.99. The zero-order valence-electron chi connectivity index (χ0n) is 13.8. The average molecular weight is 319 g/mol. The van der Waals surface area contributed by atoms with Crippen LogP contribution in [0.15, 0.2) is 24.5 Å². The van der Waals surface area contributed by atoms with E-state index in [1.54, 1.807) is 17.3 Å². The van der Waals surface area contributed by atoms with Gasteiger partial charge in [-0.15, -0.1) is 0 Å². The maximum absolute atomic E-state index is 12.5. The topological polar surface area (TPSA) is 82.8 Å². The molecule has 7 nitrogen and oxygen atoms in total. The molecule has 126 valence electrons. The van der Waals surface area contributed by atoms with Crippen LogP contribution in [-0.4, -0.2) is 78.3 Å². The quantitative estimate of drug-likeness (QED) is 0.783. The molecule has 1 aromatic rings. The molecule has 0 aliphatic carbocycles. The van der Waals surface area contributed by atoms with E-state index in [0.29, 0.717) is 32.7 Å². The summed E-state index contributed by atoms with van der Waals surface area (Å²) in [5.41, 5.74) is 6.51. The van der Waals surface area contributed by atoms with Gasteiger partial charge in [-0.25, -0.2) is 0 Å². The van der Waals surface area contributed by atoms with E-state index < -0.39 is 0 Å². The number of pyridine rings is 1. The fraction of sp³-hybridized carbons (Fsp3) is 0.562. The minimum Gasteiger partial charge on any atom is -0.369 e. The van der Waals surface area contributed by atoms with Crippen molar-refractivity contribution in [2.24, 2.45) is 11.7 Å². The zero-order chi connectivity index (χ0) is 16.8. The maximum atomic E-state index is 12.5. The number of likely N-dealkylation sites (N-methyl/N-ethyl adjacent to an activating group) is 2. The van der Waals surface area contributed by atoms with Crippen LogP contribution >= 0.6 is 0 Å². The third-order valence-corrected chi connectivity index (χ3v) is 4.06. The number of amides is 2. The summed E-state index contributed by atoms with van der Waals surface area (Å²) in [7, 11) is 3.85. The van der Waals surface area contributed by atoms with E-state index >= 15 is 0 Å². The molecule has 23 heavy (non-hydrogen) atoms. The van der Waals surface area contributed by atoms with Crippen molar-refractivity contribution in [1.29, 1.82) is 0 Å². The summed E-state index contributed by atoms with van der Waals surface area (Å²) in [5, 5.41) is 0. The van der Waals surface area contributed by atoms with E-state index in [0.717, 1.165) is 12.1 Å². The summed E-state index contributed by atoms with van der Waals surface area (Å²) in [6.45, 7) is 3.35. The van der Waals surface area contributed by atoms with E-state index in [4.69, 9.17) is 5.73 Å². The molecule has 0 radical (unpaired) electrons. The zero-order valence-corrected chi connectivity index (χ0v) is 13.8. The Bertz CT molecular complexity index is 537. The molecule has 7 heteroatoms. The average Bonchev–Trinajstić information content (AvgIpc) is 2.70. The molecule has 0 spiro atoms. The van der Waals surface area contributed by atoms with Gasteiger partial charge in [-0.2, -0.15) is 0 Å². The molecule has 1 saturated heterocycles. The molecular formula is C16H25N5O2. The van der Waals surface area contributed by atoms with Crippen LogP contribution in [0.25, 0.3) is 0 Å². The first-order valence-electron chi connectivity index (χ1n) is 7.79. The van der Waals surface area contributed by atoms with Gasteiger partial charge in [0.15, 0.2) is 0 Å². The molecule has 1 aliphatic rings. The molecule has 2 heterocycles. The van der Waals surface area contributed by atoms with Gasteiger partial charge >= 0.3 is 0 Å². The summed E-state index contributed by atoms with van der Waals surface area (Å²) in [6.07, 6.45) is 3.53. The molecule has 1 aromatic heterocycles. The molecule has 2 rings (SSSR count). The highest BCUT2D eigenvalue weighted by Gasteiger charge is 2.27. The van der Waals surface area contributed by atoms with Crippen LogP contribution in [0.1, 0.15) is 5.56 Å². The minimum atomic E-state index is -0.347. The number of nitrogens with zero attached hydrogens (tertiary/aromatic N) is 4. The summed E-state index contributed by atoms with van der Waals surface area (Å²) in [5.74, 6) is -0.631. The Morgan fingerprint density at radius 2 is 2.17 bits per heavy atom. The van der Waals surface area contributed by atoms with Crippen LogP contribution in [0.4, 0.5) is 0 Å². The smallest absolute Gasteiger partial charge is 0.236 e. The highest BCUT2D eigenvalue weighted by Crippen LogP contribution is 2.09. The second-order valence-corrected chi connectivity index (χ2v) is 6.23. The van der Waals surface area contributed by atoms with E-state index in [1.807, 2.05) is 36.0 Å². The van der Waals surface area contributed by atoms with Crippen LogP contribution in [0.2, 0.25) is 0 Å². The molecule has 1 aliphatic heterocycles. The number of nitrogens with two attached hydrogens (primary N) is 1. The van der Waals surface area contributed by atoms with Gasteiger partial charge in [0, 0.05) is 45.1 Å². The lowest BCUT2D eigenvalue weighted by molar-refractivity contribution is -0.133. The first-order valence-corrected chi connectivity index (χ1v) is 7.79. The summed E-state index contributed by atoms with van der Waals surface area (Å²) in [4.78, 5) is 33.9. The SMILES string of the molecule is CN(CC(=O)N1CCN(C)C[C@H](C(N)=O)C1)Cc1cccnc1. The van der Waals surface area contributed by atoms with Gasteiger partial charge in [0.1, 0.15) is 0 Å². The lowest BCUT2D eigenvalue weighted by Gasteiger charge is -2.25. The summed E-state index contributed by atoms with van der Waals surface area (Å²) >= 11 is 0. The molecule has 2 amide bonds. The molecular weight excluding hydrogens is 294 g/mol. The van der Waals surface area contributed by atoms with Crippen molar-refractivity contribution in [3.8, 4) is 0 Å². The Morgan fingerprint density at radius 3 is 2.83 bits per heavy atom. The van der Waals surface area contributed by atoms with Crippen molar-refractivity contribution in [3.05, 3.63) is 30.1 Å². The molecule has 0 unspecified atom stereocenters. The van der Waals surface area contributed by atoms with Crippen molar-refractivity contribution < 1.29 is 9.59 Å². The second kappa shape index (κ2) is 8.03. The second-order valence-electron chi connectivity index (χ2n) is 6.23. The van der Waals surface area contributed by atoms with Gasteiger partial charge in [-0.1, -0.05) is 6.07 Å². The standard InChI is InChI=1S/C16H25N5O2/c1-19-6-7-21(11-14(10-19)16(17)23)15(22)12-20(2)9-13-4-3-5-18-8-13/h3-5,8,14H,6-7,9-12H2,1-2H3,(H2,17,23)/t14-/m0/s1. The predicted octanol–water partition coefficient (Wildman–Crippen LogP) is -0.611. The van der Waals surface area contributed by atoms with Gasteiger partial charge in [0.05, 0.1) is 12.5 Å².